The highest BCUT2D eigenvalue weighted by molar-refractivity contribution is 6.30. The molecule has 1 saturated heterocycles. The Balaban J connectivity index is 1.47. The molecule has 0 spiro atoms. The highest BCUT2D eigenvalue weighted by Crippen LogP contribution is 2.26. The molecule has 29 heavy (non-hydrogen) atoms. The highest BCUT2D eigenvalue weighted by Gasteiger charge is 2.24. The SMILES string of the molecule is Cc1nnc(N2CCC(Nc3ccccc3C(N)=O)CC2)n1-c1ccc(Cl)cc1. The number of halogens is 1. The molecule has 0 radical (unpaired) electrons. The van der Waals surface area contributed by atoms with E-state index in [1.54, 1.807) is 6.07 Å². The Morgan fingerprint density at radius 2 is 1.79 bits per heavy atom. The standard InChI is InChI=1S/C21H23ClN6O/c1-14-25-26-21(28(14)17-8-6-15(22)7-9-17)27-12-10-16(11-13-27)24-19-5-3-2-4-18(19)20(23)29/h2-9,16,24H,10-13H2,1H3,(H2,23,29). The van der Waals surface area contributed by atoms with Crippen LogP contribution in [0.5, 0.6) is 0 Å². The van der Waals surface area contributed by atoms with Crippen LogP contribution in [-0.2, 0) is 0 Å². The number of amides is 1. The number of carbonyl (C=O) groups is 1. The van der Waals surface area contributed by atoms with Gasteiger partial charge in [0.2, 0.25) is 5.95 Å². The second kappa shape index (κ2) is 8.13. The smallest absolute Gasteiger partial charge is 0.250 e. The molecule has 0 unspecified atom stereocenters. The van der Waals surface area contributed by atoms with Crippen LogP contribution in [0, 0.1) is 6.92 Å². The van der Waals surface area contributed by atoms with Gasteiger partial charge in [-0.05, 0) is 56.2 Å². The van der Waals surface area contributed by atoms with Crippen molar-refractivity contribution in [3.63, 3.8) is 0 Å². The van der Waals surface area contributed by atoms with Crippen molar-refractivity contribution in [1.82, 2.24) is 14.8 Å². The van der Waals surface area contributed by atoms with Crippen molar-refractivity contribution in [2.75, 3.05) is 23.3 Å². The molecule has 0 atom stereocenters. The number of anilines is 2. The van der Waals surface area contributed by atoms with Gasteiger partial charge in [-0.3, -0.25) is 9.36 Å². The van der Waals surface area contributed by atoms with Gasteiger partial charge in [0.15, 0.2) is 0 Å². The summed E-state index contributed by atoms with van der Waals surface area (Å²) in [6.07, 6.45) is 1.83. The van der Waals surface area contributed by atoms with E-state index in [2.05, 4.69) is 20.4 Å². The second-order valence-electron chi connectivity index (χ2n) is 7.17. The van der Waals surface area contributed by atoms with Crippen LogP contribution < -0.4 is 16.0 Å². The molecular formula is C21H23ClN6O. The lowest BCUT2D eigenvalue weighted by Crippen LogP contribution is -2.40. The van der Waals surface area contributed by atoms with E-state index >= 15 is 0 Å². The van der Waals surface area contributed by atoms with Gasteiger partial charge in [-0.25, -0.2) is 0 Å². The fourth-order valence-corrected chi connectivity index (χ4v) is 3.84. The van der Waals surface area contributed by atoms with E-state index in [-0.39, 0.29) is 6.04 Å². The number of benzene rings is 2. The maximum absolute atomic E-state index is 11.6. The third kappa shape index (κ3) is 4.05. The number of hydrogen-bond donors (Lipinski definition) is 2. The first-order valence-corrected chi connectivity index (χ1v) is 9.99. The number of nitrogens with two attached hydrogens (primary N) is 1. The minimum atomic E-state index is -0.419. The first-order valence-electron chi connectivity index (χ1n) is 9.61. The number of rotatable bonds is 5. The first-order chi connectivity index (χ1) is 14.0. The average Bonchev–Trinajstić information content (AvgIpc) is 3.11. The van der Waals surface area contributed by atoms with Crippen molar-refractivity contribution in [3.05, 3.63) is 64.9 Å². The van der Waals surface area contributed by atoms with Gasteiger partial charge in [0.25, 0.3) is 5.91 Å². The topological polar surface area (TPSA) is 89.1 Å². The lowest BCUT2D eigenvalue weighted by molar-refractivity contribution is 0.100. The van der Waals surface area contributed by atoms with Crippen molar-refractivity contribution < 1.29 is 4.79 Å². The van der Waals surface area contributed by atoms with Crippen LogP contribution in [0.15, 0.2) is 48.5 Å². The van der Waals surface area contributed by atoms with Crippen LogP contribution in [-0.4, -0.2) is 39.8 Å². The summed E-state index contributed by atoms with van der Waals surface area (Å²) >= 11 is 6.03. The van der Waals surface area contributed by atoms with E-state index in [1.165, 1.54) is 0 Å². The van der Waals surface area contributed by atoms with Gasteiger partial charge in [0.1, 0.15) is 5.82 Å². The predicted molar refractivity (Wildman–Crippen MR) is 115 cm³/mol. The molecule has 2 aromatic carbocycles. The van der Waals surface area contributed by atoms with Crippen LogP contribution in [0.1, 0.15) is 29.0 Å². The number of aromatic nitrogens is 3. The van der Waals surface area contributed by atoms with Gasteiger partial charge < -0.3 is 16.0 Å². The maximum atomic E-state index is 11.6. The molecule has 1 aromatic heterocycles. The summed E-state index contributed by atoms with van der Waals surface area (Å²) < 4.78 is 2.05. The zero-order valence-electron chi connectivity index (χ0n) is 16.2. The molecule has 0 aliphatic carbocycles. The third-order valence-electron chi connectivity index (χ3n) is 5.22. The summed E-state index contributed by atoms with van der Waals surface area (Å²) in [6.45, 7) is 3.62. The molecular weight excluding hydrogens is 388 g/mol. The zero-order chi connectivity index (χ0) is 20.4. The Bertz CT molecular complexity index is 1010. The average molecular weight is 411 g/mol. The van der Waals surface area contributed by atoms with E-state index < -0.39 is 5.91 Å². The molecule has 0 bridgehead atoms. The zero-order valence-corrected chi connectivity index (χ0v) is 16.9. The number of nitrogens with zero attached hydrogens (tertiary/aromatic N) is 4. The third-order valence-corrected chi connectivity index (χ3v) is 5.47. The Morgan fingerprint density at radius 1 is 1.10 bits per heavy atom. The van der Waals surface area contributed by atoms with Crippen LogP contribution in [0.4, 0.5) is 11.6 Å². The quantitative estimate of drug-likeness (QED) is 0.672. The molecule has 150 valence electrons. The van der Waals surface area contributed by atoms with Gasteiger partial charge in [0.05, 0.1) is 11.3 Å². The van der Waals surface area contributed by atoms with E-state index in [9.17, 15) is 4.79 Å². The lowest BCUT2D eigenvalue weighted by Gasteiger charge is -2.33. The largest absolute Gasteiger partial charge is 0.382 e. The van der Waals surface area contributed by atoms with Crippen LogP contribution in [0.3, 0.4) is 0 Å². The van der Waals surface area contributed by atoms with Gasteiger partial charge in [0, 0.05) is 29.8 Å². The summed E-state index contributed by atoms with van der Waals surface area (Å²) in [4.78, 5) is 13.9. The fraction of sp³-hybridized carbons (Fsp3) is 0.286. The summed E-state index contributed by atoms with van der Waals surface area (Å²) in [5.74, 6) is 1.25. The number of nitrogens with one attached hydrogen (secondary N) is 1. The molecule has 4 rings (SSSR count). The first kappa shape index (κ1) is 19.3. The predicted octanol–water partition coefficient (Wildman–Crippen LogP) is 3.41. The number of piperidine rings is 1. The second-order valence-corrected chi connectivity index (χ2v) is 7.61. The van der Waals surface area contributed by atoms with Crippen molar-refractivity contribution >= 4 is 29.1 Å². The molecule has 1 aliphatic rings. The van der Waals surface area contributed by atoms with E-state index in [0.29, 0.717) is 10.6 Å². The number of carbonyl (C=O) groups excluding carboxylic acids is 1. The van der Waals surface area contributed by atoms with Gasteiger partial charge in [-0.1, -0.05) is 23.7 Å². The van der Waals surface area contributed by atoms with Crippen molar-refractivity contribution in [1.29, 1.82) is 0 Å². The Morgan fingerprint density at radius 3 is 2.48 bits per heavy atom. The van der Waals surface area contributed by atoms with E-state index in [0.717, 1.165) is 49.1 Å². The molecule has 3 N–H and O–H groups in total. The minimum absolute atomic E-state index is 0.264. The molecule has 2 heterocycles. The lowest BCUT2D eigenvalue weighted by atomic mass is 10.0. The van der Waals surface area contributed by atoms with E-state index in [4.69, 9.17) is 17.3 Å². The highest BCUT2D eigenvalue weighted by atomic mass is 35.5. The molecule has 1 aliphatic heterocycles. The molecule has 3 aromatic rings. The van der Waals surface area contributed by atoms with E-state index in [1.807, 2.05) is 54.0 Å². The van der Waals surface area contributed by atoms with Gasteiger partial charge >= 0.3 is 0 Å². The molecule has 8 heteroatoms. The van der Waals surface area contributed by atoms with Crippen molar-refractivity contribution in [3.8, 4) is 5.69 Å². The summed E-state index contributed by atoms with van der Waals surface area (Å²) in [5, 5.41) is 12.9. The van der Waals surface area contributed by atoms with Crippen molar-refractivity contribution in [2.45, 2.75) is 25.8 Å². The number of aryl methyl sites for hydroxylation is 1. The van der Waals surface area contributed by atoms with Crippen LogP contribution >= 0.6 is 11.6 Å². The van der Waals surface area contributed by atoms with Crippen LogP contribution in [0.2, 0.25) is 5.02 Å². The number of primary amides is 1. The van der Waals surface area contributed by atoms with Gasteiger partial charge in [-0.15, -0.1) is 10.2 Å². The summed E-state index contributed by atoms with van der Waals surface area (Å²) in [5.41, 5.74) is 7.79. The monoisotopic (exact) mass is 410 g/mol. The van der Waals surface area contributed by atoms with Crippen molar-refractivity contribution in [2.24, 2.45) is 5.73 Å². The summed E-state index contributed by atoms with van der Waals surface area (Å²) in [6, 6.07) is 15.3. The Labute approximate surface area is 174 Å². The molecule has 1 fully saturated rings. The molecule has 0 saturated carbocycles. The molecule has 1 amide bonds. The number of para-hydroxylation sites is 1. The van der Waals surface area contributed by atoms with Gasteiger partial charge in [-0.2, -0.15) is 0 Å². The Hall–Kier alpha value is -3.06. The number of hydrogen-bond acceptors (Lipinski definition) is 5. The minimum Gasteiger partial charge on any atom is -0.382 e. The fourth-order valence-electron chi connectivity index (χ4n) is 3.72. The maximum Gasteiger partial charge on any atom is 0.250 e. The Kier molecular flexibility index (Phi) is 5.40. The summed E-state index contributed by atoms with van der Waals surface area (Å²) in [7, 11) is 0. The normalized spacial score (nSPS) is 14.8. The van der Waals surface area contributed by atoms with Crippen LogP contribution in [0.25, 0.3) is 5.69 Å². The molecule has 7 nitrogen and oxygen atoms in total.